The number of amides is 2. The molecule has 0 aliphatic rings. The molecule has 0 saturated carbocycles. The number of hydrogen-bond acceptors (Lipinski definition) is 7. The van der Waals surface area contributed by atoms with E-state index in [4.69, 9.17) is 4.74 Å². The largest absolute Gasteiger partial charge is 0.504 e. The molecule has 0 atom stereocenters. The van der Waals surface area contributed by atoms with E-state index < -0.39 is 0 Å². The lowest BCUT2D eigenvalue weighted by Gasteiger charge is -2.10. The maximum absolute atomic E-state index is 12.1. The first-order valence-electron chi connectivity index (χ1n) is 9.67. The van der Waals surface area contributed by atoms with Gasteiger partial charge in [0.25, 0.3) is 0 Å². The van der Waals surface area contributed by atoms with Crippen LogP contribution in [0.15, 0.2) is 36.5 Å². The molecular weight excluding hydrogens is 384 g/mol. The molecule has 2 heterocycles. The third-order valence-corrected chi connectivity index (χ3v) is 4.44. The highest BCUT2D eigenvalue weighted by molar-refractivity contribution is 5.89. The van der Waals surface area contributed by atoms with Crippen molar-refractivity contribution in [3.05, 3.63) is 36.5 Å². The van der Waals surface area contributed by atoms with Crippen LogP contribution in [-0.4, -0.2) is 65.3 Å². The number of aromatic nitrogens is 3. The highest BCUT2D eigenvalue weighted by atomic mass is 16.5. The molecule has 3 N–H and O–H groups in total. The highest BCUT2D eigenvalue weighted by Crippen LogP contribution is 2.30. The summed E-state index contributed by atoms with van der Waals surface area (Å²) >= 11 is 0. The van der Waals surface area contributed by atoms with Crippen molar-refractivity contribution < 1.29 is 14.6 Å². The third kappa shape index (κ3) is 5.54. The van der Waals surface area contributed by atoms with E-state index in [-0.39, 0.29) is 11.8 Å². The van der Waals surface area contributed by atoms with Gasteiger partial charge < -0.3 is 20.1 Å². The number of ether oxygens (including phenoxy) is 1. The Labute approximate surface area is 175 Å². The number of unbranched alkanes of at least 4 members (excludes halogenated alkanes) is 1. The fourth-order valence-electron chi connectivity index (χ4n) is 2.86. The summed E-state index contributed by atoms with van der Waals surface area (Å²) in [6, 6.07) is 8.07. The van der Waals surface area contributed by atoms with Crippen LogP contribution >= 0.6 is 0 Å². The summed E-state index contributed by atoms with van der Waals surface area (Å²) in [7, 11) is 5.54. The molecule has 3 rings (SSSR count). The number of fused-ring (bicyclic) bond motifs is 1. The molecule has 0 aliphatic carbocycles. The fourth-order valence-corrected chi connectivity index (χ4v) is 2.86. The second-order valence-corrected chi connectivity index (χ2v) is 7.07. The Morgan fingerprint density at radius 2 is 2.00 bits per heavy atom. The van der Waals surface area contributed by atoms with Gasteiger partial charge in [-0.15, -0.1) is 0 Å². The second-order valence-electron chi connectivity index (χ2n) is 7.07. The summed E-state index contributed by atoms with van der Waals surface area (Å²) in [6.07, 6.45) is 3.55. The summed E-state index contributed by atoms with van der Waals surface area (Å²) in [6.45, 7) is 1.59. The maximum Gasteiger partial charge on any atom is 0.320 e. The van der Waals surface area contributed by atoms with Gasteiger partial charge in [-0.25, -0.2) is 14.8 Å². The standard InChI is InChI=1S/C21H26N6O3/c1-27(2)11-5-4-10-22-21(29)26-19-9-7-15-20(25-19)24-16(13-23-15)14-6-8-17(28)18(12-14)30-3/h6-9,12-13,28H,4-5,10-11H2,1-3H3,(H2,22,24,25,26,29). The van der Waals surface area contributed by atoms with Crippen molar-refractivity contribution in [1.29, 1.82) is 0 Å². The molecule has 2 amide bonds. The summed E-state index contributed by atoms with van der Waals surface area (Å²) in [5.74, 6) is 0.787. The van der Waals surface area contributed by atoms with Crippen molar-refractivity contribution in [3.8, 4) is 22.8 Å². The normalized spacial score (nSPS) is 10.9. The molecule has 0 aliphatic heterocycles. The second kappa shape index (κ2) is 9.84. The van der Waals surface area contributed by atoms with Gasteiger partial charge in [0.1, 0.15) is 11.3 Å². The Bertz CT molecular complexity index is 1020. The average Bonchev–Trinajstić information content (AvgIpc) is 2.73. The molecule has 0 spiro atoms. The number of aromatic hydroxyl groups is 1. The molecule has 0 bridgehead atoms. The number of anilines is 1. The van der Waals surface area contributed by atoms with Crippen molar-refractivity contribution in [2.45, 2.75) is 12.8 Å². The monoisotopic (exact) mass is 410 g/mol. The lowest BCUT2D eigenvalue weighted by Crippen LogP contribution is -2.30. The number of pyridine rings is 1. The molecular formula is C21H26N6O3. The van der Waals surface area contributed by atoms with Crippen LogP contribution in [0.3, 0.4) is 0 Å². The molecule has 30 heavy (non-hydrogen) atoms. The number of urea groups is 1. The smallest absolute Gasteiger partial charge is 0.320 e. The molecule has 2 aromatic heterocycles. The van der Waals surface area contributed by atoms with E-state index in [1.54, 1.807) is 30.5 Å². The minimum absolute atomic E-state index is 0.0485. The number of phenolic OH excluding ortho intramolecular Hbond substituents is 1. The Kier molecular flexibility index (Phi) is 6.97. The topological polar surface area (TPSA) is 112 Å². The first-order chi connectivity index (χ1) is 14.5. The molecule has 0 unspecified atom stereocenters. The van der Waals surface area contributed by atoms with Gasteiger partial charge in [0.15, 0.2) is 17.1 Å². The van der Waals surface area contributed by atoms with Gasteiger partial charge in [0.2, 0.25) is 0 Å². The predicted octanol–water partition coefficient (Wildman–Crippen LogP) is 2.87. The zero-order chi connectivity index (χ0) is 21.5. The van der Waals surface area contributed by atoms with Gasteiger partial charge in [0.05, 0.1) is 19.0 Å². The molecule has 158 valence electrons. The van der Waals surface area contributed by atoms with Crippen LogP contribution in [0.2, 0.25) is 0 Å². The van der Waals surface area contributed by atoms with E-state index in [0.717, 1.165) is 24.9 Å². The Hall–Kier alpha value is -3.46. The first kappa shape index (κ1) is 21.3. The van der Waals surface area contributed by atoms with Gasteiger partial charge in [0, 0.05) is 12.1 Å². The number of benzene rings is 1. The van der Waals surface area contributed by atoms with Gasteiger partial charge in [-0.05, 0) is 63.8 Å². The zero-order valence-corrected chi connectivity index (χ0v) is 17.3. The van der Waals surface area contributed by atoms with Crippen LogP contribution in [-0.2, 0) is 0 Å². The van der Waals surface area contributed by atoms with Crippen LogP contribution in [0.5, 0.6) is 11.5 Å². The number of nitrogens with zero attached hydrogens (tertiary/aromatic N) is 4. The van der Waals surface area contributed by atoms with Crippen molar-refractivity contribution in [3.63, 3.8) is 0 Å². The van der Waals surface area contributed by atoms with E-state index in [1.807, 2.05) is 14.1 Å². The Morgan fingerprint density at radius 1 is 1.17 bits per heavy atom. The summed E-state index contributed by atoms with van der Waals surface area (Å²) in [5.41, 5.74) is 2.33. The summed E-state index contributed by atoms with van der Waals surface area (Å²) in [4.78, 5) is 27.5. The van der Waals surface area contributed by atoms with Gasteiger partial charge in [-0.3, -0.25) is 10.3 Å². The number of hydrogen-bond donors (Lipinski definition) is 3. The van der Waals surface area contributed by atoms with Gasteiger partial charge >= 0.3 is 6.03 Å². The minimum Gasteiger partial charge on any atom is -0.504 e. The number of phenols is 1. The average molecular weight is 410 g/mol. The fraction of sp³-hybridized carbons (Fsp3) is 0.333. The van der Waals surface area contributed by atoms with Crippen LogP contribution in [0.1, 0.15) is 12.8 Å². The molecule has 0 saturated heterocycles. The van der Waals surface area contributed by atoms with Crippen molar-refractivity contribution in [2.75, 3.05) is 39.6 Å². The van der Waals surface area contributed by atoms with Crippen molar-refractivity contribution in [1.82, 2.24) is 25.2 Å². The van der Waals surface area contributed by atoms with Crippen LogP contribution in [0.25, 0.3) is 22.4 Å². The van der Waals surface area contributed by atoms with Crippen molar-refractivity contribution in [2.24, 2.45) is 0 Å². The van der Waals surface area contributed by atoms with E-state index in [9.17, 15) is 9.90 Å². The van der Waals surface area contributed by atoms with Crippen LogP contribution in [0, 0.1) is 0 Å². The molecule has 0 fully saturated rings. The Morgan fingerprint density at radius 3 is 2.77 bits per heavy atom. The van der Waals surface area contributed by atoms with E-state index >= 15 is 0 Å². The van der Waals surface area contributed by atoms with Crippen molar-refractivity contribution >= 4 is 23.0 Å². The number of carbonyl (C=O) groups excluding carboxylic acids is 1. The Balaban J connectivity index is 1.68. The molecule has 9 heteroatoms. The van der Waals surface area contributed by atoms with Crippen LogP contribution in [0.4, 0.5) is 10.6 Å². The maximum atomic E-state index is 12.1. The highest BCUT2D eigenvalue weighted by Gasteiger charge is 2.09. The quantitative estimate of drug-likeness (QED) is 0.490. The van der Waals surface area contributed by atoms with E-state index in [2.05, 4.69) is 30.5 Å². The van der Waals surface area contributed by atoms with E-state index in [0.29, 0.717) is 35.0 Å². The predicted molar refractivity (Wildman–Crippen MR) is 116 cm³/mol. The SMILES string of the molecule is COc1cc(-c2cnc3ccc(NC(=O)NCCCCN(C)C)nc3n2)ccc1O. The molecule has 0 radical (unpaired) electrons. The van der Waals surface area contributed by atoms with E-state index in [1.165, 1.54) is 13.2 Å². The number of rotatable bonds is 8. The minimum atomic E-state index is -0.306. The number of methoxy groups -OCH3 is 1. The van der Waals surface area contributed by atoms with Gasteiger partial charge in [-0.2, -0.15) is 0 Å². The number of carbonyl (C=O) groups is 1. The lowest BCUT2D eigenvalue weighted by atomic mass is 10.1. The van der Waals surface area contributed by atoms with Gasteiger partial charge in [-0.1, -0.05) is 0 Å². The number of nitrogens with one attached hydrogen (secondary N) is 2. The molecule has 9 nitrogen and oxygen atoms in total. The summed E-state index contributed by atoms with van der Waals surface area (Å²) < 4.78 is 5.15. The molecule has 1 aromatic carbocycles. The first-order valence-corrected chi connectivity index (χ1v) is 9.67. The molecule has 3 aromatic rings. The van der Waals surface area contributed by atoms with Crippen LogP contribution < -0.4 is 15.4 Å². The lowest BCUT2D eigenvalue weighted by molar-refractivity contribution is 0.251. The zero-order valence-electron chi connectivity index (χ0n) is 17.3. The summed E-state index contributed by atoms with van der Waals surface area (Å²) in [5, 5.41) is 15.3. The third-order valence-electron chi connectivity index (χ3n) is 4.44.